The Balaban J connectivity index is 1.66. The molecule has 0 aromatic heterocycles. The number of halogens is 1. The Labute approximate surface area is 333 Å². The number of likely N-dealkylation sites (N-methyl/N-ethyl adjacent to an activating group) is 1. The minimum Gasteiger partial charge on any atom is -0.497 e. The van der Waals surface area contributed by atoms with Crippen molar-refractivity contribution in [2.45, 2.75) is 62.7 Å². The molecule has 2 amide bonds. The first-order chi connectivity index (χ1) is 27.2. The molecular formula is C41H54ClN3O11. The van der Waals surface area contributed by atoms with Gasteiger partial charge < -0.3 is 48.4 Å². The third-order valence-corrected chi connectivity index (χ3v) is 10.9. The summed E-state index contributed by atoms with van der Waals surface area (Å²) in [5, 5.41) is 26.8. The van der Waals surface area contributed by atoms with E-state index in [0.29, 0.717) is 41.5 Å². The van der Waals surface area contributed by atoms with Gasteiger partial charge in [0, 0.05) is 44.2 Å². The highest BCUT2D eigenvalue weighted by Crippen LogP contribution is 2.61. The zero-order chi connectivity index (χ0) is 40.2. The lowest BCUT2D eigenvalue weighted by molar-refractivity contribution is -0.253. The third-order valence-electron chi connectivity index (χ3n) is 10.8. The standard InChI is InChI=1S/C41H54ClN3O11/c1-6-20-54-41-36(45(2)40(49)53-21-17-42)25-33(44-52-5)30-22-26(11-7-9-18-46)29(12-8-10-19-47)37(38(30)41)31-23-28(14-16-34(31)56-41)55-39(48)43-32-15-13-27(50-3)24-35(32)51-4/h6,13-16,22-24,26,29,36-38,46-47H,1,7-12,17-21,25H2,2-5H3,(H,43,48). The van der Waals surface area contributed by atoms with Crippen LogP contribution in [-0.4, -0.2) is 106 Å². The first kappa shape index (κ1) is 42.6. The fourth-order valence-electron chi connectivity index (χ4n) is 8.40. The Kier molecular flexibility index (Phi) is 15.3. The van der Waals surface area contributed by atoms with Gasteiger partial charge in [-0.25, -0.2) is 9.59 Å². The van der Waals surface area contributed by atoms with Crippen molar-refractivity contribution in [2.75, 3.05) is 66.0 Å². The molecule has 306 valence electrons. The summed E-state index contributed by atoms with van der Waals surface area (Å²) in [7, 11) is 6.16. The maximum absolute atomic E-state index is 13.6. The van der Waals surface area contributed by atoms with Crippen LogP contribution in [-0.2, 0) is 14.3 Å². The van der Waals surface area contributed by atoms with Crippen molar-refractivity contribution >= 4 is 35.2 Å². The molecular weight excluding hydrogens is 746 g/mol. The molecule has 6 unspecified atom stereocenters. The van der Waals surface area contributed by atoms with E-state index in [1.807, 2.05) is 6.07 Å². The van der Waals surface area contributed by atoms with Crippen LogP contribution >= 0.6 is 11.6 Å². The van der Waals surface area contributed by atoms with E-state index in [9.17, 15) is 19.8 Å². The number of allylic oxidation sites excluding steroid dienone is 1. The van der Waals surface area contributed by atoms with Crippen LogP contribution in [0.5, 0.6) is 23.0 Å². The molecule has 15 heteroatoms. The van der Waals surface area contributed by atoms with E-state index in [1.54, 1.807) is 50.6 Å². The number of carbonyl (C=O) groups is 2. The summed E-state index contributed by atoms with van der Waals surface area (Å²) < 4.78 is 36.0. The summed E-state index contributed by atoms with van der Waals surface area (Å²) in [4.78, 5) is 33.8. The maximum Gasteiger partial charge on any atom is 0.417 e. The number of benzene rings is 2. The van der Waals surface area contributed by atoms with Gasteiger partial charge in [-0.05, 0) is 73.4 Å². The molecule has 1 fully saturated rings. The molecule has 1 saturated carbocycles. The van der Waals surface area contributed by atoms with Gasteiger partial charge in [-0.1, -0.05) is 30.1 Å². The second-order valence-electron chi connectivity index (χ2n) is 14.0. The molecule has 14 nitrogen and oxygen atoms in total. The van der Waals surface area contributed by atoms with E-state index >= 15 is 0 Å². The number of oxime groups is 1. The Hall–Kier alpha value is -4.50. The number of rotatable bonds is 19. The number of nitrogens with zero attached hydrogens (tertiary/aromatic N) is 2. The summed E-state index contributed by atoms with van der Waals surface area (Å²) in [5.74, 6) is -0.424. The summed E-state index contributed by atoms with van der Waals surface area (Å²) in [6.45, 7) is 4.17. The summed E-state index contributed by atoms with van der Waals surface area (Å²) in [6, 6.07) is 9.50. The van der Waals surface area contributed by atoms with Gasteiger partial charge in [0.15, 0.2) is 0 Å². The molecule has 0 bridgehead atoms. The number of anilines is 1. The van der Waals surface area contributed by atoms with E-state index in [1.165, 1.54) is 19.1 Å². The van der Waals surface area contributed by atoms with Crippen molar-refractivity contribution in [3.05, 3.63) is 66.3 Å². The fraction of sp³-hybridized carbons (Fsp3) is 0.537. The molecule has 3 N–H and O–H groups in total. The van der Waals surface area contributed by atoms with Gasteiger partial charge in [-0.15, -0.1) is 18.2 Å². The predicted octanol–water partition coefficient (Wildman–Crippen LogP) is 6.89. The highest BCUT2D eigenvalue weighted by atomic mass is 35.5. The second-order valence-corrected chi connectivity index (χ2v) is 14.3. The molecule has 3 aliphatic rings. The lowest BCUT2D eigenvalue weighted by Gasteiger charge is -2.59. The van der Waals surface area contributed by atoms with E-state index < -0.39 is 29.9 Å². The highest BCUT2D eigenvalue weighted by Gasteiger charge is 2.65. The number of alkyl halides is 1. The van der Waals surface area contributed by atoms with Crippen LogP contribution in [0.25, 0.3) is 0 Å². The lowest BCUT2D eigenvalue weighted by atomic mass is 9.55. The number of carbonyl (C=O) groups excluding carboxylic acids is 2. The number of nitrogens with one attached hydrogen (secondary N) is 1. The topological polar surface area (TPSA) is 167 Å². The van der Waals surface area contributed by atoms with Crippen LogP contribution in [0.2, 0.25) is 0 Å². The van der Waals surface area contributed by atoms with Crippen LogP contribution in [0.15, 0.2) is 65.9 Å². The molecule has 0 saturated heterocycles. The quantitative estimate of drug-likeness (QED) is 0.0587. The van der Waals surface area contributed by atoms with E-state index in [4.69, 9.17) is 44.9 Å². The second kappa shape index (κ2) is 20.1. The molecule has 6 atom stereocenters. The molecule has 56 heavy (non-hydrogen) atoms. The maximum atomic E-state index is 13.6. The van der Waals surface area contributed by atoms with Crippen molar-refractivity contribution in [1.29, 1.82) is 0 Å². The lowest BCUT2D eigenvalue weighted by Crippen LogP contribution is -2.69. The van der Waals surface area contributed by atoms with E-state index in [0.717, 1.165) is 36.8 Å². The minimum absolute atomic E-state index is 0.0158. The number of hydrogen-bond acceptors (Lipinski definition) is 12. The number of amides is 2. The molecule has 1 aliphatic heterocycles. The Morgan fingerprint density at radius 3 is 2.48 bits per heavy atom. The minimum atomic E-state index is -1.45. The van der Waals surface area contributed by atoms with Gasteiger partial charge >= 0.3 is 12.2 Å². The van der Waals surface area contributed by atoms with Crippen LogP contribution in [0.1, 0.15) is 56.4 Å². The first-order valence-corrected chi connectivity index (χ1v) is 19.5. The Bertz CT molecular complexity index is 1740. The summed E-state index contributed by atoms with van der Waals surface area (Å²) >= 11 is 5.89. The number of methoxy groups -OCH3 is 2. The van der Waals surface area contributed by atoms with Gasteiger partial charge in [0.1, 0.15) is 42.8 Å². The van der Waals surface area contributed by atoms with E-state index in [2.05, 4.69) is 23.1 Å². The fourth-order valence-corrected chi connectivity index (χ4v) is 8.48. The van der Waals surface area contributed by atoms with Crippen molar-refractivity contribution in [3.8, 4) is 23.0 Å². The number of fused-ring (bicyclic) bond motifs is 2. The molecule has 5 rings (SSSR count). The number of aliphatic hydroxyl groups excluding tert-OH is 2. The van der Waals surface area contributed by atoms with Crippen LogP contribution in [0, 0.1) is 17.8 Å². The normalized spacial score (nSPS) is 24.1. The van der Waals surface area contributed by atoms with Crippen molar-refractivity contribution in [3.63, 3.8) is 0 Å². The number of unbranched alkanes of at least 4 members (excludes halogenated alkanes) is 2. The van der Waals surface area contributed by atoms with Crippen LogP contribution < -0.4 is 24.3 Å². The van der Waals surface area contributed by atoms with Crippen molar-refractivity contribution < 1.29 is 53.1 Å². The summed E-state index contributed by atoms with van der Waals surface area (Å²) in [6.07, 6.45) is 7.07. The highest BCUT2D eigenvalue weighted by molar-refractivity contribution is 6.18. The van der Waals surface area contributed by atoms with Crippen molar-refractivity contribution in [2.24, 2.45) is 22.9 Å². The molecule has 1 heterocycles. The zero-order valence-corrected chi connectivity index (χ0v) is 33.3. The Morgan fingerprint density at radius 2 is 1.80 bits per heavy atom. The monoisotopic (exact) mass is 799 g/mol. The summed E-state index contributed by atoms with van der Waals surface area (Å²) in [5.41, 5.74) is 2.69. The SMILES string of the molecule is C=CCOC12Oc3ccc(OC(=O)Nc4ccc(OC)cc4OC)cc3C3C(CCCCO)C(CCCCO)C=C(C(=NOC)CC1N(C)C(=O)OCCCl)C32. The average molecular weight is 800 g/mol. The van der Waals surface area contributed by atoms with Crippen molar-refractivity contribution in [1.82, 2.24) is 4.90 Å². The molecule has 0 radical (unpaired) electrons. The average Bonchev–Trinajstić information content (AvgIpc) is 3.20. The smallest absolute Gasteiger partial charge is 0.417 e. The third kappa shape index (κ3) is 9.20. The first-order valence-electron chi connectivity index (χ1n) is 19.0. The van der Waals surface area contributed by atoms with Crippen LogP contribution in [0.3, 0.4) is 0 Å². The van der Waals surface area contributed by atoms with Crippen LogP contribution in [0.4, 0.5) is 15.3 Å². The zero-order valence-electron chi connectivity index (χ0n) is 32.5. The van der Waals surface area contributed by atoms with Gasteiger partial charge in [0.25, 0.3) is 0 Å². The Morgan fingerprint density at radius 1 is 1.05 bits per heavy atom. The molecule has 2 aromatic carbocycles. The molecule has 2 aliphatic carbocycles. The van der Waals surface area contributed by atoms with Gasteiger partial charge in [-0.3, -0.25) is 5.32 Å². The number of ether oxygens (including phenoxy) is 6. The van der Waals surface area contributed by atoms with E-state index in [-0.39, 0.29) is 62.2 Å². The predicted molar refractivity (Wildman–Crippen MR) is 211 cm³/mol. The largest absolute Gasteiger partial charge is 0.497 e. The number of hydrogen-bond donors (Lipinski definition) is 3. The van der Waals surface area contributed by atoms with Gasteiger partial charge in [0.2, 0.25) is 5.79 Å². The molecule has 2 aromatic rings. The molecule has 0 spiro atoms. The van der Waals surface area contributed by atoms with Gasteiger partial charge in [-0.2, -0.15) is 0 Å². The van der Waals surface area contributed by atoms with Gasteiger partial charge in [0.05, 0.1) is 44.0 Å². The number of aliphatic hydroxyl groups is 2.